The Morgan fingerprint density at radius 3 is 2.40 bits per heavy atom. The maximum atomic E-state index is 5.68. The van der Waals surface area contributed by atoms with Crippen molar-refractivity contribution in [2.24, 2.45) is 0 Å². The molecule has 0 radical (unpaired) electrons. The number of aromatic nitrogens is 1. The Morgan fingerprint density at radius 1 is 1.50 bits per heavy atom. The number of pyridine rings is 1. The molecule has 1 nitrogen and oxygen atoms in total. The number of hydrogen-bond acceptors (Lipinski definition) is 0. The average molecular weight is 359 g/mol. The third-order valence-corrected chi connectivity index (χ3v) is 1.41. The van der Waals surface area contributed by atoms with Gasteiger partial charge in [0.05, 0.1) is 0 Å². The van der Waals surface area contributed by atoms with E-state index in [0.717, 1.165) is 10.7 Å². The van der Waals surface area contributed by atoms with E-state index in [4.69, 9.17) is 11.6 Å². The fourth-order valence-corrected chi connectivity index (χ4v) is 0.627. The number of aromatic amines is 1. The molecule has 0 aromatic carbocycles. The van der Waals surface area contributed by atoms with E-state index >= 15 is 0 Å². The molecule has 0 saturated heterocycles. The van der Waals surface area contributed by atoms with Gasteiger partial charge in [-0.2, -0.15) is 0 Å². The molecule has 0 aliphatic heterocycles. The third-order valence-electron chi connectivity index (χ3n) is 0.997. The first-order valence-corrected chi connectivity index (χ1v) is 2.81. The van der Waals surface area contributed by atoms with Crippen molar-refractivity contribution in [1.82, 2.24) is 0 Å². The van der Waals surface area contributed by atoms with Crippen LogP contribution >= 0.6 is 11.6 Å². The second-order valence-electron chi connectivity index (χ2n) is 1.64. The number of hydrogen-bond donors (Lipinski definition) is 0. The predicted molar refractivity (Wildman–Crippen MR) is 32.7 cm³/mol. The zero-order valence-electron chi connectivity index (χ0n) is 5.30. The molecule has 0 unspecified atom stereocenters. The van der Waals surface area contributed by atoms with Gasteiger partial charge in [0.25, 0.3) is 0 Å². The molecule has 0 spiro atoms. The van der Waals surface area contributed by atoms with Crippen molar-refractivity contribution in [2.45, 2.75) is 6.92 Å². The summed E-state index contributed by atoms with van der Waals surface area (Å²) in [5, 5.41) is 0.785. The summed E-state index contributed by atoms with van der Waals surface area (Å²) in [6.07, 6.45) is 1.85. The molecule has 0 aliphatic rings. The van der Waals surface area contributed by atoms with Gasteiger partial charge >= 0.3 is 21.1 Å². The van der Waals surface area contributed by atoms with Gasteiger partial charge < -0.3 is 12.4 Å². The molecule has 4 heteroatoms. The monoisotopic (exact) mass is 358 g/mol. The van der Waals surface area contributed by atoms with Crippen molar-refractivity contribution in [1.29, 1.82) is 0 Å². The predicted octanol–water partition coefficient (Wildman–Crippen LogP) is -1.54. The van der Waals surface area contributed by atoms with E-state index in [2.05, 4.69) is 4.98 Å². The van der Waals surface area contributed by atoms with Crippen molar-refractivity contribution >= 4 is 11.6 Å². The van der Waals surface area contributed by atoms with Gasteiger partial charge in [-0.25, -0.2) is 4.98 Å². The van der Waals surface area contributed by atoms with E-state index in [0.29, 0.717) is 0 Å². The van der Waals surface area contributed by atoms with Crippen molar-refractivity contribution in [3.05, 3.63) is 29.0 Å². The number of aryl methyl sites for hydroxylation is 1. The molecular weight excluding hydrogens is 352 g/mol. The fourth-order valence-electron chi connectivity index (χ4n) is 0.500. The van der Waals surface area contributed by atoms with Gasteiger partial charge in [0.1, 0.15) is 5.02 Å². The van der Waals surface area contributed by atoms with Gasteiger partial charge in [-0.15, -0.1) is 0 Å². The summed E-state index contributed by atoms with van der Waals surface area (Å²) in [5.74, 6) is 0. The maximum absolute atomic E-state index is 5.68. The largest absolute Gasteiger partial charge is 2.00 e. The molecule has 1 rings (SSSR count). The van der Waals surface area contributed by atoms with Gasteiger partial charge in [0.2, 0.25) is 0 Å². The second-order valence-corrected chi connectivity index (χ2v) is 2.05. The SMILES string of the molecule is Cc1[nH+]cccc1Cl.[Cl-].[Pt+2]. The Kier molecular flexibility index (Phi) is 8.02. The van der Waals surface area contributed by atoms with Crippen LogP contribution in [0.5, 0.6) is 0 Å². The Labute approximate surface area is 85.9 Å². The van der Waals surface area contributed by atoms with Crippen molar-refractivity contribution < 1.29 is 38.5 Å². The molecule has 10 heavy (non-hydrogen) atoms. The van der Waals surface area contributed by atoms with E-state index in [1.54, 1.807) is 0 Å². The molecule has 1 N–H and O–H groups in total. The minimum atomic E-state index is 0. The molecule has 0 fully saturated rings. The zero-order chi connectivity index (χ0) is 5.98. The minimum absolute atomic E-state index is 0. The quantitative estimate of drug-likeness (QED) is 0.534. The van der Waals surface area contributed by atoms with Crippen LogP contribution in [-0.4, -0.2) is 0 Å². The molecular formula is C6H7Cl2NPt+2. The topological polar surface area (TPSA) is 14.1 Å². The van der Waals surface area contributed by atoms with Crippen LogP contribution in [0.2, 0.25) is 5.02 Å². The van der Waals surface area contributed by atoms with Crippen LogP contribution in [0.1, 0.15) is 5.69 Å². The summed E-state index contributed by atoms with van der Waals surface area (Å²) in [6.45, 7) is 1.93. The normalized spacial score (nSPS) is 7.40. The summed E-state index contributed by atoms with van der Waals surface area (Å²) < 4.78 is 0. The van der Waals surface area contributed by atoms with Crippen LogP contribution in [-0.2, 0) is 21.1 Å². The van der Waals surface area contributed by atoms with Gasteiger partial charge in [0, 0.05) is 13.0 Å². The van der Waals surface area contributed by atoms with Gasteiger partial charge in [0.15, 0.2) is 11.9 Å². The van der Waals surface area contributed by atoms with E-state index in [1.807, 2.05) is 25.3 Å². The molecule has 0 saturated carbocycles. The summed E-state index contributed by atoms with van der Waals surface area (Å²) >= 11 is 5.68. The Bertz CT molecular complexity index is 172. The third kappa shape index (κ3) is 3.55. The summed E-state index contributed by atoms with van der Waals surface area (Å²) in [7, 11) is 0. The number of nitrogens with one attached hydrogen (secondary N) is 1. The summed E-state index contributed by atoms with van der Waals surface area (Å²) in [4.78, 5) is 2.97. The van der Waals surface area contributed by atoms with E-state index < -0.39 is 0 Å². The summed E-state index contributed by atoms with van der Waals surface area (Å²) in [5.41, 5.74) is 1.01. The van der Waals surface area contributed by atoms with Crippen LogP contribution in [0.4, 0.5) is 0 Å². The molecule has 1 aromatic heterocycles. The van der Waals surface area contributed by atoms with Crippen LogP contribution in [0.3, 0.4) is 0 Å². The van der Waals surface area contributed by atoms with Crippen LogP contribution < -0.4 is 17.4 Å². The summed E-state index contributed by atoms with van der Waals surface area (Å²) in [6, 6.07) is 3.72. The molecule has 58 valence electrons. The second kappa shape index (κ2) is 6.15. The Hall–Kier alpha value is 0.418. The van der Waals surface area contributed by atoms with Crippen molar-refractivity contribution in [3.8, 4) is 0 Å². The van der Waals surface area contributed by atoms with E-state index in [-0.39, 0.29) is 33.5 Å². The van der Waals surface area contributed by atoms with E-state index in [1.165, 1.54) is 0 Å². The zero-order valence-corrected chi connectivity index (χ0v) is 9.09. The van der Waals surface area contributed by atoms with Gasteiger partial charge in [-0.3, -0.25) is 0 Å². The fraction of sp³-hybridized carbons (Fsp3) is 0.167. The van der Waals surface area contributed by atoms with Crippen LogP contribution in [0, 0.1) is 6.92 Å². The van der Waals surface area contributed by atoms with Crippen LogP contribution in [0.15, 0.2) is 18.3 Å². The molecule has 0 aliphatic carbocycles. The first-order chi connectivity index (χ1) is 3.80. The Morgan fingerprint density at radius 2 is 2.10 bits per heavy atom. The number of rotatable bonds is 0. The maximum Gasteiger partial charge on any atom is 2.00 e. The number of halogens is 2. The first-order valence-electron chi connectivity index (χ1n) is 2.43. The standard InChI is InChI=1S/C6H6ClN.ClH.Pt/c1-5-6(7)3-2-4-8-5;;/h2-4H,1H3;1H;/q;;+2. The van der Waals surface area contributed by atoms with Gasteiger partial charge in [-0.1, -0.05) is 11.6 Å². The number of H-pyrrole nitrogens is 1. The smallest absolute Gasteiger partial charge is 1.00 e. The molecule has 0 bridgehead atoms. The molecule has 1 aromatic rings. The minimum Gasteiger partial charge on any atom is -1.00 e. The van der Waals surface area contributed by atoms with Crippen LogP contribution in [0.25, 0.3) is 0 Å². The Balaban J connectivity index is 0. The van der Waals surface area contributed by atoms with Crippen molar-refractivity contribution in [2.75, 3.05) is 0 Å². The van der Waals surface area contributed by atoms with E-state index in [9.17, 15) is 0 Å². The average Bonchev–Trinajstić information content (AvgIpc) is 1.77. The molecule has 1 heterocycles. The molecule has 0 amide bonds. The first kappa shape index (κ1) is 13.0. The van der Waals surface area contributed by atoms with Crippen molar-refractivity contribution in [3.63, 3.8) is 0 Å². The van der Waals surface area contributed by atoms with Gasteiger partial charge in [-0.05, 0) is 6.07 Å². The molecule has 0 atom stereocenters.